The molecule has 1 heterocycles. The Morgan fingerprint density at radius 1 is 1.03 bits per heavy atom. The third-order valence-electron chi connectivity index (χ3n) is 5.39. The molecule has 1 aliphatic rings. The lowest BCUT2D eigenvalue weighted by atomic mass is 10.0. The van der Waals surface area contributed by atoms with Crippen molar-refractivity contribution in [3.8, 4) is 5.75 Å². The fourth-order valence-electron chi connectivity index (χ4n) is 3.74. The van der Waals surface area contributed by atoms with Crippen LogP contribution >= 0.6 is 15.9 Å². The number of likely N-dealkylation sites (N-methyl/N-ethyl adjacent to an activating group) is 1. The van der Waals surface area contributed by atoms with Crippen LogP contribution in [0.4, 0.5) is 11.4 Å². The van der Waals surface area contributed by atoms with Gasteiger partial charge in [0, 0.05) is 26.2 Å². The van der Waals surface area contributed by atoms with Crippen LogP contribution in [0.2, 0.25) is 0 Å². The molecule has 1 amide bonds. The summed E-state index contributed by atoms with van der Waals surface area (Å²) in [5, 5.41) is 5.10. The Bertz CT molecular complexity index is 1050. The summed E-state index contributed by atoms with van der Waals surface area (Å²) in [6.45, 7) is 3.89. The maximum absolute atomic E-state index is 13.2. The summed E-state index contributed by atoms with van der Waals surface area (Å²) in [5.41, 5.74) is 2.37. The Balaban J connectivity index is 1.67. The number of hydrogen-bond acceptors (Lipinski definition) is 4. The molecule has 1 saturated heterocycles. The number of halogens is 1. The molecule has 0 bridgehead atoms. The number of nitrogens with zero attached hydrogens (tertiary/aromatic N) is 2. The molecule has 0 aromatic heterocycles. The predicted octanol–water partition coefficient (Wildman–Crippen LogP) is 4.62. The van der Waals surface area contributed by atoms with Gasteiger partial charge in [0.05, 0.1) is 28.5 Å². The maximum atomic E-state index is 13.2. The first-order chi connectivity index (χ1) is 14.1. The van der Waals surface area contributed by atoms with Gasteiger partial charge < -0.3 is 19.9 Å². The number of nitrogens with one attached hydrogen (secondary N) is 1. The first kappa shape index (κ1) is 19.7. The van der Waals surface area contributed by atoms with Crippen LogP contribution in [0.5, 0.6) is 5.75 Å². The number of hydrogen-bond donors (Lipinski definition) is 1. The van der Waals surface area contributed by atoms with Crippen LogP contribution in [-0.2, 0) is 0 Å². The lowest BCUT2D eigenvalue weighted by Gasteiger charge is -2.35. The maximum Gasteiger partial charge on any atom is 0.259 e. The van der Waals surface area contributed by atoms with E-state index < -0.39 is 0 Å². The normalized spacial score (nSPS) is 14.8. The fraction of sp³-hybridized carbons (Fsp3) is 0.261. The van der Waals surface area contributed by atoms with Crippen molar-refractivity contribution in [1.29, 1.82) is 0 Å². The van der Waals surface area contributed by atoms with E-state index in [-0.39, 0.29) is 5.91 Å². The summed E-state index contributed by atoms with van der Waals surface area (Å²) in [6.07, 6.45) is 0. The molecule has 3 aromatic rings. The number of carbonyl (C=O) groups excluding carboxylic acids is 1. The molecule has 6 heteroatoms. The van der Waals surface area contributed by atoms with Gasteiger partial charge in [-0.15, -0.1) is 0 Å². The van der Waals surface area contributed by atoms with E-state index in [4.69, 9.17) is 4.74 Å². The highest BCUT2D eigenvalue weighted by Crippen LogP contribution is 2.37. The van der Waals surface area contributed by atoms with Crippen LogP contribution in [-0.4, -0.2) is 51.1 Å². The van der Waals surface area contributed by atoms with Gasteiger partial charge in [0.15, 0.2) is 0 Å². The first-order valence-electron chi connectivity index (χ1n) is 9.67. The number of ether oxygens (including phenoxy) is 1. The molecule has 29 heavy (non-hydrogen) atoms. The Kier molecular flexibility index (Phi) is 5.74. The topological polar surface area (TPSA) is 44.8 Å². The van der Waals surface area contributed by atoms with E-state index in [0.717, 1.165) is 52.8 Å². The third-order valence-corrected chi connectivity index (χ3v) is 6.17. The monoisotopic (exact) mass is 453 g/mol. The smallest absolute Gasteiger partial charge is 0.259 e. The van der Waals surface area contributed by atoms with Gasteiger partial charge in [-0.2, -0.15) is 0 Å². The summed E-state index contributed by atoms with van der Waals surface area (Å²) < 4.78 is 6.37. The minimum atomic E-state index is -0.185. The van der Waals surface area contributed by atoms with Crippen molar-refractivity contribution in [2.45, 2.75) is 0 Å². The number of rotatable bonds is 4. The molecule has 0 spiro atoms. The SMILES string of the molecule is COc1c(C(=O)Nc2ccccc2N2CCN(C)CC2)cc2ccccc2c1Br. The highest BCUT2D eigenvalue weighted by molar-refractivity contribution is 9.10. The number of benzene rings is 3. The van der Waals surface area contributed by atoms with Gasteiger partial charge in [0.2, 0.25) is 0 Å². The average Bonchev–Trinajstić information content (AvgIpc) is 2.75. The van der Waals surface area contributed by atoms with Crippen LogP contribution in [0.25, 0.3) is 10.8 Å². The average molecular weight is 454 g/mol. The molecule has 0 atom stereocenters. The number of piperazine rings is 1. The molecule has 3 aromatic carbocycles. The number of anilines is 2. The molecule has 0 radical (unpaired) electrons. The predicted molar refractivity (Wildman–Crippen MR) is 122 cm³/mol. The quantitative estimate of drug-likeness (QED) is 0.625. The van der Waals surface area contributed by atoms with E-state index in [1.54, 1.807) is 7.11 Å². The Morgan fingerprint density at radius 2 is 1.72 bits per heavy atom. The standard InChI is InChI=1S/C23H24BrN3O2/c1-26-11-13-27(14-12-26)20-10-6-5-9-19(20)25-23(28)18-15-16-7-3-4-8-17(16)21(24)22(18)29-2/h3-10,15H,11-14H2,1-2H3,(H,25,28). The summed E-state index contributed by atoms with van der Waals surface area (Å²) in [4.78, 5) is 17.9. The Labute approximate surface area is 179 Å². The van der Waals surface area contributed by atoms with Gasteiger partial charge in [-0.05, 0) is 51.9 Å². The molecule has 4 rings (SSSR count). The van der Waals surface area contributed by atoms with Crippen molar-refractivity contribution in [3.63, 3.8) is 0 Å². The molecule has 0 unspecified atom stereocenters. The number of fused-ring (bicyclic) bond motifs is 1. The summed E-state index contributed by atoms with van der Waals surface area (Å²) >= 11 is 3.61. The van der Waals surface area contributed by atoms with Crippen LogP contribution in [0.3, 0.4) is 0 Å². The summed E-state index contributed by atoms with van der Waals surface area (Å²) in [6, 6.07) is 17.8. The molecule has 1 fully saturated rings. The van der Waals surface area contributed by atoms with Gasteiger partial charge in [-0.25, -0.2) is 0 Å². The lowest BCUT2D eigenvalue weighted by molar-refractivity contribution is 0.102. The van der Waals surface area contributed by atoms with Crippen molar-refractivity contribution in [3.05, 3.63) is 64.6 Å². The molecular formula is C23H24BrN3O2. The van der Waals surface area contributed by atoms with Crippen molar-refractivity contribution in [2.24, 2.45) is 0 Å². The van der Waals surface area contributed by atoms with Gasteiger partial charge in [-0.1, -0.05) is 36.4 Å². The van der Waals surface area contributed by atoms with Gasteiger partial charge >= 0.3 is 0 Å². The van der Waals surface area contributed by atoms with E-state index >= 15 is 0 Å². The van der Waals surface area contributed by atoms with Gasteiger partial charge in [-0.3, -0.25) is 4.79 Å². The van der Waals surface area contributed by atoms with Gasteiger partial charge in [0.25, 0.3) is 5.91 Å². The number of amides is 1. The second-order valence-electron chi connectivity index (χ2n) is 7.25. The van der Waals surface area contributed by atoms with Crippen molar-refractivity contribution >= 4 is 44.0 Å². The van der Waals surface area contributed by atoms with E-state index in [2.05, 4.69) is 44.2 Å². The van der Waals surface area contributed by atoms with E-state index in [0.29, 0.717) is 11.3 Å². The van der Waals surface area contributed by atoms with Gasteiger partial charge in [0.1, 0.15) is 5.75 Å². The molecule has 0 saturated carbocycles. The second-order valence-corrected chi connectivity index (χ2v) is 8.05. The Morgan fingerprint density at radius 3 is 2.48 bits per heavy atom. The largest absolute Gasteiger partial charge is 0.495 e. The second kappa shape index (κ2) is 8.43. The summed E-state index contributed by atoms with van der Waals surface area (Å²) in [7, 11) is 3.72. The first-order valence-corrected chi connectivity index (χ1v) is 10.5. The van der Waals surface area contributed by atoms with E-state index in [1.165, 1.54) is 0 Å². The lowest BCUT2D eigenvalue weighted by Crippen LogP contribution is -2.44. The van der Waals surface area contributed by atoms with Crippen LogP contribution in [0.1, 0.15) is 10.4 Å². The number of para-hydroxylation sites is 2. The minimum absolute atomic E-state index is 0.185. The summed E-state index contributed by atoms with van der Waals surface area (Å²) in [5.74, 6) is 0.355. The molecule has 5 nitrogen and oxygen atoms in total. The highest BCUT2D eigenvalue weighted by atomic mass is 79.9. The van der Waals surface area contributed by atoms with Crippen LogP contribution in [0.15, 0.2) is 59.1 Å². The fourth-order valence-corrected chi connectivity index (χ4v) is 4.48. The minimum Gasteiger partial charge on any atom is -0.495 e. The molecular weight excluding hydrogens is 430 g/mol. The van der Waals surface area contributed by atoms with Crippen LogP contribution in [0, 0.1) is 0 Å². The van der Waals surface area contributed by atoms with Crippen molar-refractivity contribution < 1.29 is 9.53 Å². The Hall–Kier alpha value is -2.57. The highest BCUT2D eigenvalue weighted by Gasteiger charge is 2.21. The number of carbonyl (C=O) groups is 1. The number of methoxy groups -OCH3 is 1. The zero-order valence-corrected chi connectivity index (χ0v) is 18.2. The molecule has 1 aliphatic heterocycles. The third kappa shape index (κ3) is 3.95. The zero-order valence-electron chi connectivity index (χ0n) is 16.6. The van der Waals surface area contributed by atoms with Crippen LogP contribution < -0.4 is 15.0 Å². The van der Waals surface area contributed by atoms with Crippen molar-refractivity contribution in [1.82, 2.24) is 4.90 Å². The molecule has 1 N–H and O–H groups in total. The van der Waals surface area contributed by atoms with Crippen molar-refractivity contribution in [2.75, 3.05) is 50.6 Å². The molecule has 0 aliphatic carbocycles. The molecule has 150 valence electrons. The van der Waals surface area contributed by atoms with E-state index in [9.17, 15) is 4.79 Å². The van der Waals surface area contributed by atoms with E-state index in [1.807, 2.05) is 48.5 Å². The zero-order chi connectivity index (χ0) is 20.4.